The first-order valence-corrected chi connectivity index (χ1v) is 9.92. The molecule has 158 valence electrons. The Morgan fingerprint density at radius 1 is 1.13 bits per heavy atom. The minimum absolute atomic E-state index is 0.0911. The van der Waals surface area contributed by atoms with Gasteiger partial charge in [-0.25, -0.2) is 0 Å². The molecule has 0 radical (unpaired) electrons. The Morgan fingerprint density at radius 3 is 2.63 bits per heavy atom. The topological polar surface area (TPSA) is 58.4 Å². The van der Waals surface area contributed by atoms with E-state index in [1.807, 2.05) is 24.0 Å². The minimum Gasteiger partial charge on any atom is -0.370 e. The second-order valence-electron chi connectivity index (χ2n) is 7.63. The van der Waals surface area contributed by atoms with Crippen LogP contribution in [0, 0.1) is 6.92 Å². The maximum absolute atomic E-state index is 13.2. The van der Waals surface area contributed by atoms with E-state index in [9.17, 15) is 18.0 Å². The quantitative estimate of drug-likeness (QED) is 0.624. The molecule has 1 aliphatic heterocycles. The standard InChI is InChI=1S/C22H22F3N3O2/c1-14-5-8-20-16(11-14)17(27-30-20)13-21(29)26-18-12-15(22(23,24)25)6-7-19(18)28-9-3-2-4-10-28/h5-8,11-12H,2-4,9-10,13H2,1H3,(H,26,29). The van der Waals surface area contributed by atoms with Crippen LogP contribution in [0.25, 0.3) is 11.0 Å². The molecule has 1 N–H and O–H groups in total. The maximum Gasteiger partial charge on any atom is 0.416 e. The van der Waals surface area contributed by atoms with Crippen LogP contribution in [0.1, 0.15) is 36.1 Å². The van der Waals surface area contributed by atoms with Crippen LogP contribution in [-0.4, -0.2) is 24.2 Å². The number of piperidine rings is 1. The molecule has 1 fully saturated rings. The van der Waals surface area contributed by atoms with Crippen LogP contribution in [-0.2, 0) is 17.4 Å². The van der Waals surface area contributed by atoms with Crippen molar-refractivity contribution in [1.82, 2.24) is 5.16 Å². The highest BCUT2D eigenvalue weighted by Gasteiger charge is 2.32. The van der Waals surface area contributed by atoms with Gasteiger partial charge >= 0.3 is 6.18 Å². The van der Waals surface area contributed by atoms with E-state index in [2.05, 4.69) is 10.5 Å². The van der Waals surface area contributed by atoms with Crippen molar-refractivity contribution in [2.75, 3.05) is 23.3 Å². The normalized spacial score (nSPS) is 14.9. The molecule has 1 aliphatic rings. The number of carbonyl (C=O) groups is 1. The van der Waals surface area contributed by atoms with Gasteiger partial charge in [0.05, 0.1) is 23.4 Å². The van der Waals surface area contributed by atoms with Gasteiger partial charge in [0.1, 0.15) is 5.69 Å². The summed E-state index contributed by atoms with van der Waals surface area (Å²) in [5.41, 5.74) is 2.01. The number of halogens is 3. The van der Waals surface area contributed by atoms with Crippen LogP contribution in [0.3, 0.4) is 0 Å². The van der Waals surface area contributed by atoms with Crippen molar-refractivity contribution in [2.24, 2.45) is 0 Å². The molecule has 2 aromatic carbocycles. The summed E-state index contributed by atoms with van der Waals surface area (Å²) >= 11 is 0. The maximum atomic E-state index is 13.2. The summed E-state index contributed by atoms with van der Waals surface area (Å²) in [6.45, 7) is 3.42. The molecule has 1 amide bonds. The molecule has 1 aromatic heterocycles. The smallest absolute Gasteiger partial charge is 0.370 e. The Kier molecular flexibility index (Phi) is 5.40. The molecule has 0 spiro atoms. The highest BCUT2D eigenvalue weighted by atomic mass is 19.4. The molecule has 0 unspecified atom stereocenters. The van der Waals surface area contributed by atoms with Gasteiger partial charge in [-0.15, -0.1) is 0 Å². The SMILES string of the molecule is Cc1ccc2onc(CC(=O)Nc3cc(C(F)(F)F)ccc3N3CCCCC3)c2c1. The van der Waals surface area contributed by atoms with E-state index in [1.165, 1.54) is 6.07 Å². The average Bonchev–Trinajstić information content (AvgIpc) is 3.09. The fourth-order valence-electron chi connectivity index (χ4n) is 3.80. The fourth-order valence-corrected chi connectivity index (χ4v) is 3.80. The number of rotatable bonds is 4. The molecule has 0 bridgehead atoms. The summed E-state index contributed by atoms with van der Waals surface area (Å²) in [7, 11) is 0. The largest absolute Gasteiger partial charge is 0.416 e. The third kappa shape index (κ3) is 4.27. The number of aryl methyl sites for hydroxylation is 1. The van der Waals surface area contributed by atoms with Crippen molar-refractivity contribution in [3.8, 4) is 0 Å². The first-order chi connectivity index (χ1) is 14.3. The van der Waals surface area contributed by atoms with Crippen LogP contribution in [0.5, 0.6) is 0 Å². The zero-order valence-corrected chi connectivity index (χ0v) is 16.6. The molecular formula is C22H22F3N3O2. The minimum atomic E-state index is -4.49. The number of hydrogen-bond acceptors (Lipinski definition) is 4. The molecule has 1 saturated heterocycles. The Hall–Kier alpha value is -3.03. The van der Waals surface area contributed by atoms with Gasteiger partial charge in [0.25, 0.3) is 0 Å². The number of nitrogens with zero attached hydrogens (tertiary/aromatic N) is 2. The molecule has 3 aromatic rings. The first kappa shape index (κ1) is 20.3. The van der Waals surface area contributed by atoms with Crippen molar-refractivity contribution in [1.29, 1.82) is 0 Å². The predicted molar refractivity (Wildman–Crippen MR) is 109 cm³/mol. The summed E-state index contributed by atoms with van der Waals surface area (Å²) in [5, 5.41) is 7.36. The third-order valence-electron chi connectivity index (χ3n) is 5.32. The lowest BCUT2D eigenvalue weighted by atomic mass is 10.1. The lowest BCUT2D eigenvalue weighted by Gasteiger charge is -2.31. The molecule has 8 heteroatoms. The van der Waals surface area contributed by atoms with E-state index >= 15 is 0 Å². The van der Waals surface area contributed by atoms with E-state index in [1.54, 1.807) is 6.07 Å². The number of benzene rings is 2. The van der Waals surface area contributed by atoms with Crippen molar-refractivity contribution in [3.63, 3.8) is 0 Å². The van der Waals surface area contributed by atoms with Crippen molar-refractivity contribution >= 4 is 28.3 Å². The van der Waals surface area contributed by atoms with Gasteiger partial charge in [0, 0.05) is 18.5 Å². The second kappa shape index (κ2) is 8.01. The van der Waals surface area contributed by atoms with Crippen molar-refractivity contribution in [2.45, 2.75) is 38.8 Å². The number of nitrogens with one attached hydrogen (secondary N) is 1. The summed E-state index contributed by atoms with van der Waals surface area (Å²) in [6, 6.07) is 9.04. The van der Waals surface area contributed by atoms with Gasteiger partial charge in [-0.3, -0.25) is 4.79 Å². The summed E-state index contributed by atoms with van der Waals surface area (Å²) in [5.74, 6) is -0.440. The van der Waals surface area contributed by atoms with Gasteiger partial charge in [-0.1, -0.05) is 16.8 Å². The zero-order valence-electron chi connectivity index (χ0n) is 16.6. The van der Waals surface area contributed by atoms with Gasteiger partial charge in [-0.2, -0.15) is 13.2 Å². The first-order valence-electron chi connectivity index (χ1n) is 9.92. The van der Waals surface area contributed by atoms with E-state index in [-0.39, 0.29) is 12.1 Å². The summed E-state index contributed by atoms with van der Waals surface area (Å²) in [6.07, 6.45) is -1.54. The van der Waals surface area contributed by atoms with E-state index in [0.29, 0.717) is 17.0 Å². The lowest BCUT2D eigenvalue weighted by Crippen LogP contribution is -2.30. The molecule has 4 rings (SSSR count). The van der Waals surface area contributed by atoms with Gasteiger partial charge < -0.3 is 14.7 Å². The number of alkyl halides is 3. The number of carbonyl (C=O) groups excluding carboxylic acids is 1. The van der Waals surface area contributed by atoms with Gasteiger partial charge in [0.15, 0.2) is 5.58 Å². The Bertz CT molecular complexity index is 1070. The molecule has 0 atom stereocenters. The van der Waals surface area contributed by atoms with Crippen LogP contribution < -0.4 is 10.2 Å². The van der Waals surface area contributed by atoms with Crippen molar-refractivity contribution < 1.29 is 22.5 Å². The van der Waals surface area contributed by atoms with Gasteiger partial charge in [-0.05, 0) is 56.5 Å². The van der Waals surface area contributed by atoms with Crippen LogP contribution in [0.15, 0.2) is 40.9 Å². The molecule has 0 saturated carbocycles. The number of hydrogen-bond donors (Lipinski definition) is 1. The number of aromatic nitrogens is 1. The summed E-state index contributed by atoms with van der Waals surface area (Å²) < 4.78 is 45.0. The lowest BCUT2D eigenvalue weighted by molar-refractivity contribution is -0.137. The number of fused-ring (bicyclic) bond motifs is 1. The average molecular weight is 417 g/mol. The third-order valence-corrected chi connectivity index (χ3v) is 5.32. The fraction of sp³-hybridized carbons (Fsp3) is 0.364. The highest BCUT2D eigenvalue weighted by Crippen LogP contribution is 2.36. The van der Waals surface area contributed by atoms with Gasteiger partial charge in [0.2, 0.25) is 5.91 Å². The monoisotopic (exact) mass is 417 g/mol. The summed E-state index contributed by atoms with van der Waals surface area (Å²) in [4.78, 5) is 14.7. The molecule has 0 aliphatic carbocycles. The van der Waals surface area contributed by atoms with Crippen LogP contribution >= 0.6 is 0 Å². The molecule has 30 heavy (non-hydrogen) atoms. The Morgan fingerprint density at radius 2 is 1.90 bits per heavy atom. The van der Waals surface area contributed by atoms with E-state index < -0.39 is 17.6 Å². The Balaban J connectivity index is 1.61. The van der Waals surface area contributed by atoms with E-state index in [0.717, 1.165) is 55.4 Å². The Labute approximate surface area is 171 Å². The van der Waals surface area contributed by atoms with E-state index in [4.69, 9.17) is 4.52 Å². The predicted octanol–water partition coefficient (Wildman–Crippen LogP) is 5.33. The second-order valence-corrected chi connectivity index (χ2v) is 7.63. The molecule has 5 nitrogen and oxygen atoms in total. The molecular weight excluding hydrogens is 395 g/mol. The number of anilines is 2. The highest BCUT2D eigenvalue weighted by molar-refractivity contribution is 5.97. The van der Waals surface area contributed by atoms with Crippen LogP contribution in [0.2, 0.25) is 0 Å². The van der Waals surface area contributed by atoms with Crippen molar-refractivity contribution in [3.05, 3.63) is 53.2 Å². The zero-order chi connectivity index (χ0) is 21.3. The van der Waals surface area contributed by atoms with Crippen LogP contribution in [0.4, 0.5) is 24.5 Å². The molecule has 2 heterocycles. The number of amides is 1.